The summed E-state index contributed by atoms with van der Waals surface area (Å²) >= 11 is 3.03. The smallest absolute Gasteiger partial charge is 0.235 e. The molecule has 4 rings (SSSR count). The van der Waals surface area contributed by atoms with Gasteiger partial charge in [0.15, 0.2) is 4.34 Å². The van der Waals surface area contributed by atoms with Gasteiger partial charge in [-0.15, -0.1) is 11.3 Å². The number of anilines is 1. The highest BCUT2D eigenvalue weighted by atomic mass is 32.2. The van der Waals surface area contributed by atoms with Crippen LogP contribution in [-0.2, 0) is 4.79 Å². The van der Waals surface area contributed by atoms with E-state index in [-0.39, 0.29) is 5.91 Å². The Labute approximate surface area is 154 Å². The van der Waals surface area contributed by atoms with Gasteiger partial charge in [0.05, 0.1) is 17.1 Å². The number of thiazole rings is 1. The van der Waals surface area contributed by atoms with Crippen LogP contribution < -0.4 is 5.32 Å². The number of carbonyl (C=O) groups excluding carboxylic acids is 1. The van der Waals surface area contributed by atoms with Crippen molar-refractivity contribution in [3.05, 3.63) is 53.2 Å². The van der Waals surface area contributed by atoms with E-state index in [4.69, 9.17) is 5.10 Å². The highest BCUT2D eigenvalue weighted by molar-refractivity contribution is 8.01. The lowest BCUT2D eigenvalue weighted by atomic mass is 10.3. The van der Waals surface area contributed by atoms with E-state index in [9.17, 15) is 4.79 Å². The first-order valence-corrected chi connectivity index (χ1v) is 10.1. The average molecular weight is 371 g/mol. The Bertz CT molecular complexity index is 884. The number of benzene rings is 1. The molecule has 5 nitrogen and oxygen atoms in total. The molecule has 0 saturated heterocycles. The van der Waals surface area contributed by atoms with Gasteiger partial charge in [-0.3, -0.25) is 4.79 Å². The number of nitrogens with zero attached hydrogens (tertiary/aromatic N) is 3. The maximum Gasteiger partial charge on any atom is 0.235 e. The number of aromatic nitrogens is 3. The zero-order chi connectivity index (χ0) is 17.2. The minimum absolute atomic E-state index is 0.0442. The summed E-state index contributed by atoms with van der Waals surface area (Å²) in [6.07, 6.45) is 2.36. The van der Waals surface area contributed by atoms with Crippen molar-refractivity contribution < 1.29 is 4.79 Å². The van der Waals surface area contributed by atoms with Crippen molar-refractivity contribution >= 4 is 34.8 Å². The minimum atomic E-state index is -0.0442. The van der Waals surface area contributed by atoms with Crippen LogP contribution in [0.5, 0.6) is 0 Å². The van der Waals surface area contributed by atoms with Crippen molar-refractivity contribution in [3.63, 3.8) is 0 Å². The van der Waals surface area contributed by atoms with Gasteiger partial charge in [0, 0.05) is 23.1 Å². The molecule has 0 radical (unpaired) electrons. The second kappa shape index (κ2) is 7.01. The normalized spacial score (nSPS) is 13.8. The summed E-state index contributed by atoms with van der Waals surface area (Å²) in [5.41, 5.74) is 3.00. The molecule has 1 N–H and O–H groups in total. The summed E-state index contributed by atoms with van der Waals surface area (Å²) < 4.78 is 2.74. The first kappa shape index (κ1) is 16.4. The summed E-state index contributed by atoms with van der Waals surface area (Å²) in [5, 5.41) is 9.70. The molecule has 2 aromatic heterocycles. The fraction of sp³-hybridized carbons (Fsp3) is 0.278. The number of amides is 1. The van der Waals surface area contributed by atoms with Gasteiger partial charge in [-0.2, -0.15) is 5.10 Å². The molecule has 0 aliphatic heterocycles. The van der Waals surface area contributed by atoms with Crippen LogP contribution in [0.2, 0.25) is 0 Å². The minimum Gasteiger partial charge on any atom is -0.310 e. The topological polar surface area (TPSA) is 59.8 Å². The quantitative estimate of drug-likeness (QED) is 0.659. The van der Waals surface area contributed by atoms with Gasteiger partial charge in [0.2, 0.25) is 5.91 Å². The largest absolute Gasteiger partial charge is 0.310 e. The van der Waals surface area contributed by atoms with E-state index in [1.54, 1.807) is 11.3 Å². The number of nitrogens with one attached hydrogen (secondary N) is 1. The van der Waals surface area contributed by atoms with Crippen LogP contribution in [0.3, 0.4) is 0 Å². The molecule has 1 amide bonds. The molecule has 0 spiro atoms. The number of para-hydroxylation sites is 1. The number of hydrogen-bond donors (Lipinski definition) is 1. The van der Waals surface area contributed by atoms with Gasteiger partial charge in [0.25, 0.3) is 0 Å². The first-order valence-electron chi connectivity index (χ1n) is 8.19. The Morgan fingerprint density at radius 2 is 2.16 bits per heavy atom. The number of thioether (sulfide) groups is 1. The Balaban J connectivity index is 1.49. The molecular formula is C18H18N4OS2. The molecule has 1 saturated carbocycles. The predicted molar refractivity (Wildman–Crippen MR) is 102 cm³/mol. The second-order valence-electron chi connectivity index (χ2n) is 6.07. The zero-order valence-corrected chi connectivity index (χ0v) is 15.4. The van der Waals surface area contributed by atoms with Gasteiger partial charge < -0.3 is 5.32 Å². The zero-order valence-electron chi connectivity index (χ0n) is 13.8. The van der Waals surface area contributed by atoms with Crippen LogP contribution >= 0.6 is 23.1 Å². The van der Waals surface area contributed by atoms with Gasteiger partial charge in [-0.1, -0.05) is 30.0 Å². The van der Waals surface area contributed by atoms with Crippen LogP contribution in [0.25, 0.3) is 5.69 Å². The summed E-state index contributed by atoms with van der Waals surface area (Å²) in [6.45, 7) is 1.96. The van der Waals surface area contributed by atoms with Gasteiger partial charge in [-0.05, 0) is 31.9 Å². The van der Waals surface area contributed by atoms with Crippen LogP contribution in [0.1, 0.15) is 30.1 Å². The Morgan fingerprint density at radius 1 is 1.36 bits per heavy atom. The maximum absolute atomic E-state index is 12.4. The summed E-state index contributed by atoms with van der Waals surface area (Å²) in [4.78, 5) is 16.7. The van der Waals surface area contributed by atoms with Crippen molar-refractivity contribution in [2.24, 2.45) is 0 Å². The number of rotatable bonds is 6. The molecule has 7 heteroatoms. The maximum atomic E-state index is 12.4. The van der Waals surface area contributed by atoms with Crippen molar-refractivity contribution in [2.75, 3.05) is 11.1 Å². The molecule has 3 aromatic rings. The Morgan fingerprint density at radius 3 is 2.84 bits per heavy atom. The summed E-state index contributed by atoms with van der Waals surface area (Å²) in [6, 6.07) is 11.9. The molecule has 1 fully saturated rings. The molecular weight excluding hydrogens is 352 g/mol. The van der Waals surface area contributed by atoms with E-state index in [1.165, 1.54) is 24.6 Å². The fourth-order valence-corrected chi connectivity index (χ4v) is 4.19. The highest BCUT2D eigenvalue weighted by Gasteiger charge is 2.28. The predicted octanol–water partition coefficient (Wildman–Crippen LogP) is 4.25. The van der Waals surface area contributed by atoms with Crippen molar-refractivity contribution in [1.29, 1.82) is 0 Å². The number of hydrogen-bond acceptors (Lipinski definition) is 5. The molecule has 1 aromatic carbocycles. The lowest BCUT2D eigenvalue weighted by Crippen LogP contribution is -2.16. The SMILES string of the molecule is Cc1csc(SCC(=O)Nc2cc(C3CC3)nn2-c2ccccc2)n1. The fourth-order valence-electron chi connectivity index (χ4n) is 2.54. The van der Waals surface area contributed by atoms with E-state index < -0.39 is 0 Å². The van der Waals surface area contributed by atoms with E-state index in [1.807, 2.05) is 53.4 Å². The molecule has 2 heterocycles. The summed E-state index contributed by atoms with van der Waals surface area (Å²) in [7, 11) is 0. The highest BCUT2D eigenvalue weighted by Crippen LogP contribution is 2.40. The van der Waals surface area contributed by atoms with Crippen molar-refractivity contribution in [3.8, 4) is 5.69 Å². The van der Waals surface area contributed by atoms with Crippen LogP contribution in [0.15, 0.2) is 46.1 Å². The third-order valence-electron chi connectivity index (χ3n) is 3.92. The lowest BCUT2D eigenvalue weighted by Gasteiger charge is -2.08. The number of carbonyl (C=O) groups is 1. The van der Waals surface area contributed by atoms with E-state index >= 15 is 0 Å². The van der Waals surface area contributed by atoms with Gasteiger partial charge >= 0.3 is 0 Å². The van der Waals surface area contributed by atoms with Crippen molar-refractivity contribution in [2.45, 2.75) is 30.0 Å². The average Bonchev–Trinajstić information content (AvgIpc) is 3.26. The summed E-state index contributed by atoms with van der Waals surface area (Å²) in [5.74, 6) is 1.56. The van der Waals surface area contributed by atoms with Crippen LogP contribution in [0, 0.1) is 6.92 Å². The molecule has 1 aliphatic rings. The molecule has 0 bridgehead atoms. The van der Waals surface area contributed by atoms with Crippen LogP contribution in [0.4, 0.5) is 5.82 Å². The van der Waals surface area contributed by atoms with E-state index in [0.29, 0.717) is 11.7 Å². The molecule has 25 heavy (non-hydrogen) atoms. The molecule has 0 unspecified atom stereocenters. The standard InChI is InChI=1S/C18H18N4OS2/c1-12-10-24-18(19-12)25-11-17(23)20-16-9-15(13-7-8-13)21-22(16)14-5-3-2-4-6-14/h2-6,9-10,13H,7-8,11H2,1H3,(H,20,23). The first-order chi connectivity index (χ1) is 12.2. The van der Waals surface area contributed by atoms with E-state index in [0.717, 1.165) is 27.2 Å². The van der Waals surface area contributed by atoms with Gasteiger partial charge in [-0.25, -0.2) is 9.67 Å². The molecule has 1 aliphatic carbocycles. The van der Waals surface area contributed by atoms with Crippen LogP contribution in [-0.4, -0.2) is 26.4 Å². The monoisotopic (exact) mass is 370 g/mol. The van der Waals surface area contributed by atoms with Gasteiger partial charge in [0.1, 0.15) is 5.82 Å². The Hall–Kier alpha value is -2.12. The third-order valence-corrected chi connectivity index (χ3v) is 6.06. The second-order valence-corrected chi connectivity index (χ2v) is 8.15. The molecule has 128 valence electrons. The Kier molecular flexibility index (Phi) is 4.59. The third kappa shape index (κ3) is 3.93. The lowest BCUT2D eigenvalue weighted by molar-refractivity contribution is -0.113. The van der Waals surface area contributed by atoms with E-state index in [2.05, 4.69) is 10.3 Å². The number of aryl methyl sites for hydroxylation is 1. The van der Waals surface area contributed by atoms with Crippen molar-refractivity contribution in [1.82, 2.24) is 14.8 Å². The molecule has 0 atom stereocenters.